The van der Waals surface area contributed by atoms with Gasteiger partial charge in [-0.1, -0.05) is 43.0 Å². The van der Waals surface area contributed by atoms with Crippen LogP contribution in [0.5, 0.6) is 0 Å². The maximum Gasteiger partial charge on any atom is 0.345 e. The lowest BCUT2D eigenvalue weighted by molar-refractivity contribution is -0.156. The summed E-state index contributed by atoms with van der Waals surface area (Å²) < 4.78 is 14.2. The SMILES string of the molecule is CCOC(=O)C1C(SCC)=C(C(=O)OC)SC1(C(=O)OCC)c1nccc2ccccc12. The molecule has 2 aromatic rings. The van der Waals surface area contributed by atoms with Crippen molar-refractivity contribution in [1.82, 2.24) is 4.98 Å². The minimum atomic E-state index is -1.63. The van der Waals surface area contributed by atoms with Crippen molar-refractivity contribution in [3.63, 3.8) is 0 Å². The van der Waals surface area contributed by atoms with Gasteiger partial charge in [-0.25, -0.2) is 4.79 Å². The second kappa shape index (κ2) is 10.4. The van der Waals surface area contributed by atoms with E-state index in [1.165, 1.54) is 18.9 Å². The number of carbonyl (C=O) groups is 3. The lowest BCUT2D eigenvalue weighted by Gasteiger charge is -2.32. The lowest BCUT2D eigenvalue weighted by atomic mass is 9.85. The van der Waals surface area contributed by atoms with Crippen LogP contribution >= 0.6 is 23.5 Å². The highest BCUT2D eigenvalue weighted by atomic mass is 32.2. The minimum Gasteiger partial charge on any atom is -0.465 e. The highest BCUT2D eigenvalue weighted by molar-refractivity contribution is 8.09. The van der Waals surface area contributed by atoms with Crippen LogP contribution in [0.25, 0.3) is 10.8 Å². The van der Waals surface area contributed by atoms with Gasteiger partial charge in [-0.2, -0.15) is 0 Å². The first-order valence-electron chi connectivity index (χ1n) is 10.3. The molecule has 1 aliphatic heterocycles. The molecule has 0 N–H and O–H groups in total. The van der Waals surface area contributed by atoms with Crippen molar-refractivity contribution in [2.45, 2.75) is 25.5 Å². The highest BCUT2D eigenvalue weighted by Crippen LogP contribution is 2.61. The van der Waals surface area contributed by atoms with Gasteiger partial charge in [-0.05, 0) is 31.1 Å². The number of nitrogens with zero attached hydrogens (tertiary/aromatic N) is 1. The topological polar surface area (TPSA) is 91.8 Å². The van der Waals surface area contributed by atoms with Crippen molar-refractivity contribution >= 4 is 52.2 Å². The van der Waals surface area contributed by atoms with Crippen LogP contribution in [0, 0.1) is 5.92 Å². The standard InChI is InChI=1S/C23H25NO6S2/c1-5-29-20(25)16-17(31-7-3)18(21(26)28-4)32-23(16,22(27)30-6-2)19-15-11-9-8-10-14(15)12-13-24-19/h8-13,16H,5-7H2,1-4H3. The Hall–Kier alpha value is -2.52. The maximum absolute atomic E-state index is 13.7. The van der Waals surface area contributed by atoms with Crippen LogP contribution < -0.4 is 0 Å². The van der Waals surface area contributed by atoms with E-state index in [1.807, 2.05) is 37.3 Å². The molecule has 3 rings (SSSR count). The van der Waals surface area contributed by atoms with Crippen molar-refractivity contribution in [3.8, 4) is 0 Å². The first-order valence-corrected chi connectivity index (χ1v) is 12.1. The largest absolute Gasteiger partial charge is 0.465 e. The van der Waals surface area contributed by atoms with E-state index < -0.39 is 28.6 Å². The molecular weight excluding hydrogens is 450 g/mol. The molecule has 0 saturated heterocycles. The molecule has 32 heavy (non-hydrogen) atoms. The Morgan fingerprint density at radius 1 is 1.09 bits per heavy atom. The van der Waals surface area contributed by atoms with E-state index in [9.17, 15) is 14.4 Å². The zero-order chi connectivity index (χ0) is 23.3. The number of aromatic nitrogens is 1. The lowest BCUT2D eigenvalue weighted by Crippen LogP contribution is -2.44. The van der Waals surface area contributed by atoms with E-state index in [0.717, 1.165) is 17.1 Å². The van der Waals surface area contributed by atoms with Gasteiger partial charge in [0.2, 0.25) is 0 Å². The van der Waals surface area contributed by atoms with Gasteiger partial charge < -0.3 is 14.2 Å². The van der Waals surface area contributed by atoms with Gasteiger partial charge in [0.15, 0.2) is 4.75 Å². The summed E-state index contributed by atoms with van der Waals surface area (Å²) >= 11 is 2.28. The Balaban J connectivity index is 2.38. The third-order valence-electron chi connectivity index (χ3n) is 4.95. The summed E-state index contributed by atoms with van der Waals surface area (Å²) in [5.74, 6) is -2.41. The number of hydrogen-bond acceptors (Lipinski definition) is 9. The second-order valence-corrected chi connectivity index (χ2v) is 9.30. The summed E-state index contributed by atoms with van der Waals surface area (Å²) in [6, 6.07) is 9.28. The molecule has 1 aliphatic rings. The monoisotopic (exact) mass is 475 g/mol. The molecule has 2 heterocycles. The van der Waals surface area contributed by atoms with Gasteiger partial charge in [-0.3, -0.25) is 14.6 Å². The van der Waals surface area contributed by atoms with E-state index in [4.69, 9.17) is 14.2 Å². The summed E-state index contributed by atoms with van der Waals surface area (Å²) in [6.45, 7) is 5.52. The zero-order valence-electron chi connectivity index (χ0n) is 18.4. The predicted octanol–water partition coefficient (Wildman–Crippen LogP) is 4.06. The summed E-state index contributed by atoms with van der Waals surface area (Å²) in [7, 11) is 1.27. The van der Waals surface area contributed by atoms with Crippen molar-refractivity contribution in [2.75, 3.05) is 26.1 Å². The average molecular weight is 476 g/mol. The van der Waals surface area contributed by atoms with Crippen molar-refractivity contribution in [1.29, 1.82) is 0 Å². The van der Waals surface area contributed by atoms with Crippen LogP contribution in [0.4, 0.5) is 0 Å². The van der Waals surface area contributed by atoms with E-state index >= 15 is 0 Å². The molecule has 1 aromatic heterocycles. The normalized spacial score (nSPS) is 20.3. The van der Waals surface area contributed by atoms with E-state index in [2.05, 4.69) is 4.98 Å². The molecule has 0 radical (unpaired) electrons. The van der Waals surface area contributed by atoms with Crippen molar-refractivity contribution in [2.24, 2.45) is 5.92 Å². The fraction of sp³-hybridized carbons (Fsp3) is 0.391. The van der Waals surface area contributed by atoms with E-state index in [0.29, 0.717) is 21.7 Å². The van der Waals surface area contributed by atoms with Gasteiger partial charge in [-0.15, -0.1) is 11.8 Å². The molecule has 1 aromatic carbocycles. The number of methoxy groups -OCH3 is 1. The Morgan fingerprint density at radius 3 is 2.47 bits per heavy atom. The molecule has 0 spiro atoms. The first kappa shape index (κ1) is 24.1. The predicted molar refractivity (Wildman–Crippen MR) is 125 cm³/mol. The molecule has 0 amide bonds. The van der Waals surface area contributed by atoms with Crippen LogP contribution in [0.1, 0.15) is 26.5 Å². The van der Waals surface area contributed by atoms with Crippen LogP contribution in [0.2, 0.25) is 0 Å². The van der Waals surface area contributed by atoms with Gasteiger partial charge in [0.05, 0.1) is 26.0 Å². The quantitative estimate of drug-likeness (QED) is 0.414. The van der Waals surface area contributed by atoms with Crippen LogP contribution in [0.15, 0.2) is 46.3 Å². The molecule has 2 atom stereocenters. The van der Waals surface area contributed by atoms with Crippen LogP contribution in [0.3, 0.4) is 0 Å². The molecule has 0 fully saturated rings. The number of benzene rings is 1. The zero-order valence-corrected chi connectivity index (χ0v) is 20.0. The molecule has 2 unspecified atom stereocenters. The van der Waals surface area contributed by atoms with Gasteiger partial charge in [0.25, 0.3) is 0 Å². The summed E-state index contributed by atoms with van der Waals surface area (Å²) in [5, 5.41) is 1.54. The van der Waals surface area contributed by atoms with Crippen molar-refractivity contribution in [3.05, 3.63) is 52.0 Å². The molecule has 9 heteroatoms. The fourth-order valence-corrected chi connectivity index (χ4v) is 6.50. The number of esters is 3. The number of hydrogen-bond donors (Lipinski definition) is 0. The van der Waals surface area contributed by atoms with Crippen LogP contribution in [-0.2, 0) is 33.3 Å². The maximum atomic E-state index is 13.7. The third-order valence-corrected chi connectivity index (χ3v) is 7.63. The number of thioether (sulfide) groups is 2. The highest BCUT2D eigenvalue weighted by Gasteiger charge is 2.63. The Labute approximate surface area is 195 Å². The first-order chi connectivity index (χ1) is 15.5. The second-order valence-electron chi connectivity index (χ2n) is 6.74. The van der Waals surface area contributed by atoms with Crippen LogP contribution in [-0.4, -0.2) is 49.0 Å². The molecule has 0 aliphatic carbocycles. The number of fused-ring (bicyclic) bond motifs is 1. The molecular formula is C23H25NO6S2. The molecule has 7 nitrogen and oxygen atoms in total. The smallest absolute Gasteiger partial charge is 0.345 e. The Kier molecular flexibility index (Phi) is 7.84. The molecule has 170 valence electrons. The Morgan fingerprint density at radius 2 is 1.81 bits per heavy atom. The van der Waals surface area contributed by atoms with E-state index in [-0.39, 0.29) is 18.1 Å². The van der Waals surface area contributed by atoms with Gasteiger partial charge >= 0.3 is 17.9 Å². The fourth-order valence-electron chi connectivity index (χ4n) is 3.72. The van der Waals surface area contributed by atoms with Gasteiger partial charge in [0, 0.05) is 16.5 Å². The average Bonchev–Trinajstić information content (AvgIpc) is 3.14. The molecule has 0 saturated carbocycles. The Bertz CT molecular complexity index is 1060. The number of carbonyl (C=O) groups excluding carboxylic acids is 3. The number of pyridine rings is 1. The summed E-state index contributed by atoms with van der Waals surface area (Å²) in [5.41, 5.74) is 0.352. The third kappa shape index (κ3) is 4.11. The van der Waals surface area contributed by atoms with Crippen molar-refractivity contribution < 1.29 is 28.6 Å². The molecule has 0 bridgehead atoms. The summed E-state index contributed by atoms with van der Waals surface area (Å²) in [4.78, 5) is 44.9. The summed E-state index contributed by atoms with van der Waals surface area (Å²) in [6.07, 6.45) is 1.59. The minimum absolute atomic E-state index is 0.102. The van der Waals surface area contributed by atoms with Gasteiger partial charge in [0.1, 0.15) is 10.8 Å². The van der Waals surface area contributed by atoms with E-state index in [1.54, 1.807) is 20.0 Å². The number of ether oxygens (including phenoxy) is 3. The number of rotatable bonds is 8.